The zero-order valence-corrected chi connectivity index (χ0v) is 13.0. The summed E-state index contributed by atoms with van der Waals surface area (Å²) < 4.78 is 5.17. The molecular weight excluding hydrogens is 282 g/mol. The molecule has 1 aliphatic rings. The highest BCUT2D eigenvalue weighted by molar-refractivity contribution is 5.79. The van der Waals surface area contributed by atoms with Crippen LogP contribution in [0.3, 0.4) is 0 Å². The third kappa shape index (κ3) is 4.76. The van der Waals surface area contributed by atoms with E-state index < -0.39 is 5.97 Å². The zero-order chi connectivity index (χ0) is 15.9. The number of aliphatic carboxylic acids is 1. The molecule has 1 atom stereocenters. The molecule has 0 radical (unpaired) electrons. The normalized spacial score (nSPS) is 18.0. The lowest BCUT2D eigenvalue weighted by Gasteiger charge is -2.32. The van der Waals surface area contributed by atoms with Crippen LogP contribution in [-0.2, 0) is 16.0 Å². The number of amides is 1. The number of carboxylic acids is 1. The van der Waals surface area contributed by atoms with Gasteiger partial charge in [0, 0.05) is 19.5 Å². The minimum atomic E-state index is -0.764. The average Bonchev–Trinajstić information content (AvgIpc) is 2.53. The summed E-state index contributed by atoms with van der Waals surface area (Å²) in [5.74, 6) is 0.399. The number of carbonyl (C=O) groups excluding carboxylic acids is 1. The van der Waals surface area contributed by atoms with Gasteiger partial charge in [0.1, 0.15) is 5.75 Å². The summed E-state index contributed by atoms with van der Waals surface area (Å²) in [6.07, 6.45) is 3.16. The van der Waals surface area contributed by atoms with E-state index >= 15 is 0 Å². The largest absolute Gasteiger partial charge is 0.497 e. The van der Waals surface area contributed by atoms with Gasteiger partial charge in [-0.05, 0) is 42.9 Å². The van der Waals surface area contributed by atoms with Gasteiger partial charge in [-0.15, -0.1) is 0 Å². The first-order valence-electron chi connectivity index (χ1n) is 7.71. The van der Waals surface area contributed by atoms with Gasteiger partial charge in [-0.2, -0.15) is 0 Å². The Morgan fingerprint density at radius 2 is 2.23 bits per heavy atom. The fourth-order valence-corrected chi connectivity index (χ4v) is 2.92. The predicted octanol–water partition coefficient (Wildman–Crippen LogP) is 2.34. The Morgan fingerprint density at radius 3 is 2.95 bits per heavy atom. The second-order valence-corrected chi connectivity index (χ2v) is 5.81. The van der Waals surface area contributed by atoms with E-state index in [-0.39, 0.29) is 12.3 Å². The number of carboxylic acid groups (broad SMARTS) is 1. The van der Waals surface area contributed by atoms with Crippen LogP contribution >= 0.6 is 0 Å². The second kappa shape index (κ2) is 7.82. The molecule has 1 aliphatic heterocycles. The lowest BCUT2D eigenvalue weighted by Crippen LogP contribution is -2.40. The van der Waals surface area contributed by atoms with Crippen LogP contribution in [0.4, 0.5) is 0 Å². The van der Waals surface area contributed by atoms with Crippen LogP contribution in [0.15, 0.2) is 24.3 Å². The molecule has 1 unspecified atom stereocenters. The van der Waals surface area contributed by atoms with Crippen molar-refractivity contribution in [3.63, 3.8) is 0 Å². The highest BCUT2D eigenvalue weighted by Gasteiger charge is 2.24. The van der Waals surface area contributed by atoms with Crippen molar-refractivity contribution in [1.82, 2.24) is 4.90 Å². The summed E-state index contributed by atoms with van der Waals surface area (Å²) in [6, 6.07) is 7.54. The summed E-state index contributed by atoms with van der Waals surface area (Å²) in [7, 11) is 1.61. The van der Waals surface area contributed by atoms with Crippen LogP contribution in [0.5, 0.6) is 5.75 Å². The Kier molecular flexibility index (Phi) is 5.81. The molecule has 0 aliphatic carbocycles. The number of likely N-dealkylation sites (tertiary alicyclic amines) is 1. The Balaban J connectivity index is 1.89. The molecule has 5 heteroatoms. The second-order valence-electron chi connectivity index (χ2n) is 5.81. The van der Waals surface area contributed by atoms with Crippen molar-refractivity contribution in [3.8, 4) is 5.75 Å². The van der Waals surface area contributed by atoms with Gasteiger partial charge in [0.2, 0.25) is 5.91 Å². The van der Waals surface area contributed by atoms with Gasteiger partial charge in [0.05, 0.1) is 13.5 Å². The lowest BCUT2D eigenvalue weighted by molar-refractivity contribution is -0.137. The topological polar surface area (TPSA) is 66.8 Å². The van der Waals surface area contributed by atoms with Gasteiger partial charge in [0.15, 0.2) is 0 Å². The minimum absolute atomic E-state index is 0.105. The van der Waals surface area contributed by atoms with E-state index in [0.717, 1.165) is 30.7 Å². The smallest absolute Gasteiger partial charge is 0.303 e. The average molecular weight is 305 g/mol. The van der Waals surface area contributed by atoms with Crippen LogP contribution in [-0.4, -0.2) is 42.1 Å². The SMILES string of the molecule is COc1cccc(CC(=O)N2CCCC(CCC(=O)O)C2)c1. The predicted molar refractivity (Wildman–Crippen MR) is 82.9 cm³/mol. The summed E-state index contributed by atoms with van der Waals surface area (Å²) in [5.41, 5.74) is 0.942. The van der Waals surface area contributed by atoms with E-state index in [0.29, 0.717) is 25.3 Å². The van der Waals surface area contributed by atoms with Crippen LogP contribution in [0.25, 0.3) is 0 Å². The first kappa shape index (κ1) is 16.3. The van der Waals surface area contributed by atoms with Crippen molar-refractivity contribution in [1.29, 1.82) is 0 Å². The van der Waals surface area contributed by atoms with Gasteiger partial charge in [0.25, 0.3) is 0 Å². The summed E-state index contributed by atoms with van der Waals surface area (Å²) in [5, 5.41) is 8.77. The summed E-state index contributed by atoms with van der Waals surface area (Å²) >= 11 is 0. The number of benzene rings is 1. The monoisotopic (exact) mass is 305 g/mol. The Hall–Kier alpha value is -2.04. The van der Waals surface area contributed by atoms with E-state index in [2.05, 4.69) is 0 Å². The highest BCUT2D eigenvalue weighted by atomic mass is 16.5. The molecule has 120 valence electrons. The quantitative estimate of drug-likeness (QED) is 0.876. The molecule has 0 saturated carbocycles. The van der Waals surface area contributed by atoms with Crippen molar-refractivity contribution in [2.75, 3.05) is 20.2 Å². The molecule has 0 aromatic heterocycles. The van der Waals surface area contributed by atoms with Crippen molar-refractivity contribution >= 4 is 11.9 Å². The molecule has 2 rings (SSSR count). The fraction of sp³-hybridized carbons (Fsp3) is 0.529. The number of ether oxygens (including phenoxy) is 1. The fourth-order valence-electron chi connectivity index (χ4n) is 2.92. The van der Waals surface area contributed by atoms with E-state index in [4.69, 9.17) is 9.84 Å². The molecule has 0 bridgehead atoms. The molecule has 22 heavy (non-hydrogen) atoms. The molecule has 1 amide bonds. The highest BCUT2D eigenvalue weighted by Crippen LogP contribution is 2.22. The van der Waals surface area contributed by atoms with Crippen LogP contribution in [0.2, 0.25) is 0 Å². The summed E-state index contributed by atoms with van der Waals surface area (Å²) in [4.78, 5) is 25.0. The molecule has 1 fully saturated rings. The molecule has 0 spiro atoms. The maximum Gasteiger partial charge on any atom is 0.303 e. The van der Waals surface area contributed by atoms with Crippen molar-refractivity contribution in [3.05, 3.63) is 29.8 Å². The molecule has 1 aromatic rings. The van der Waals surface area contributed by atoms with E-state index in [1.54, 1.807) is 7.11 Å². The molecular formula is C17H23NO4. The number of rotatable bonds is 6. The summed E-state index contributed by atoms with van der Waals surface area (Å²) in [6.45, 7) is 1.45. The maximum absolute atomic E-state index is 12.4. The molecule has 1 aromatic carbocycles. The third-order valence-electron chi connectivity index (χ3n) is 4.13. The number of piperidine rings is 1. The van der Waals surface area contributed by atoms with Gasteiger partial charge in [-0.25, -0.2) is 0 Å². The Bertz CT molecular complexity index is 529. The van der Waals surface area contributed by atoms with E-state index in [9.17, 15) is 9.59 Å². The number of methoxy groups -OCH3 is 1. The Morgan fingerprint density at radius 1 is 1.41 bits per heavy atom. The van der Waals surface area contributed by atoms with Gasteiger partial charge >= 0.3 is 5.97 Å². The number of hydrogen-bond acceptors (Lipinski definition) is 3. The van der Waals surface area contributed by atoms with Crippen molar-refractivity contribution in [2.24, 2.45) is 5.92 Å². The van der Waals surface area contributed by atoms with Crippen LogP contribution in [0, 0.1) is 5.92 Å². The lowest BCUT2D eigenvalue weighted by atomic mass is 9.93. The first-order valence-corrected chi connectivity index (χ1v) is 7.71. The number of hydrogen-bond donors (Lipinski definition) is 1. The number of carbonyl (C=O) groups is 2. The van der Waals surface area contributed by atoms with E-state index in [1.807, 2.05) is 29.2 Å². The van der Waals surface area contributed by atoms with Crippen LogP contribution in [0.1, 0.15) is 31.2 Å². The Labute approximate surface area is 130 Å². The first-order chi connectivity index (χ1) is 10.6. The van der Waals surface area contributed by atoms with Gasteiger partial charge in [-0.1, -0.05) is 12.1 Å². The molecule has 1 saturated heterocycles. The van der Waals surface area contributed by atoms with Crippen molar-refractivity contribution < 1.29 is 19.4 Å². The molecule has 1 heterocycles. The zero-order valence-electron chi connectivity index (χ0n) is 13.0. The van der Waals surface area contributed by atoms with E-state index in [1.165, 1.54) is 0 Å². The standard InChI is InChI=1S/C17H23NO4/c1-22-15-6-2-4-14(10-15)11-16(19)18-9-3-5-13(12-18)7-8-17(20)21/h2,4,6,10,13H,3,5,7-9,11-12H2,1H3,(H,20,21). The third-order valence-corrected chi connectivity index (χ3v) is 4.13. The maximum atomic E-state index is 12.4. The van der Waals surface area contributed by atoms with Crippen molar-refractivity contribution in [2.45, 2.75) is 32.1 Å². The number of nitrogens with zero attached hydrogens (tertiary/aromatic N) is 1. The molecule has 1 N–H and O–H groups in total. The molecule has 5 nitrogen and oxygen atoms in total. The van der Waals surface area contributed by atoms with Crippen LogP contribution < -0.4 is 4.74 Å². The van der Waals surface area contributed by atoms with Gasteiger partial charge in [-0.3, -0.25) is 9.59 Å². The minimum Gasteiger partial charge on any atom is -0.497 e. The van der Waals surface area contributed by atoms with Gasteiger partial charge < -0.3 is 14.7 Å².